The summed E-state index contributed by atoms with van der Waals surface area (Å²) in [7, 11) is 1.80. The van der Waals surface area contributed by atoms with E-state index in [1.165, 1.54) is 0 Å². The first-order chi connectivity index (χ1) is 7.52. The summed E-state index contributed by atoms with van der Waals surface area (Å²) < 4.78 is 7.08. The molecule has 0 saturated carbocycles. The number of carbonyl (C=O) groups is 1. The topological polar surface area (TPSA) is 56.1 Å². The van der Waals surface area contributed by atoms with E-state index in [1.807, 2.05) is 13.8 Å². The van der Waals surface area contributed by atoms with Gasteiger partial charge in [0.2, 0.25) is 0 Å². The van der Waals surface area contributed by atoms with Crippen LogP contribution in [0, 0.1) is 0 Å². The molecule has 0 saturated heterocycles. The molecule has 2 atom stereocenters. The Morgan fingerprint density at radius 1 is 1.62 bits per heavy atom. The Kier molecular flexibility index (Phi) is 4.34. The second-order valence-electron chi connectivity index (χ2n) is 3.93. The maximum Gasteiger partial charge on any atom is 0.260 e. The van der Waals surface area contributed by atoms with E-state index < -0.39 is 6.10 Å². The molecule has 1 N–H and O–H groups in total. The van der Waals surface area contributed by atoms with Gasteiger partial charge in [0, 0.05) is 13.1 Å². The summed E-state index contributed by atoms with van der Waals surface area (Å²) in [6, 6.07) is 0.174. The van der Waals surface area contributed by atoms with Crippen LogP contribution in [0.25, 0.3) is 0 Å². The van der Waals surface area contributed by atoms with Gasteiger partial charge in [-0.1, -0.05) is 6.92 Å². The van der Waals surface area contributed by atoms with Crippen molar-refractivity contribution in [3.05, 3.63) is 12.4 Å². The van der Waals surface area contributed by atoms with Crippen molar-refractivity contribution in [3.63, 3.8) is 0 Å². The number of nitrogens with zero attached hydrogens (tertiary/aromatic N) is 2. The van der Waals surface area contributed by atoms with E-state index in [1.54, 1.807) is 31.0 Å². The van der Waals surface area contributed by atoms with E-state index in [4.69, 9.17) is 4.74 Å². The Balaban J connectivity index is 2.45. The van der Waals surface area contributed by atoms with Crippen LogP contribution in [0.4, 0.5) is 0 Å². The molecular weight excluding hydrogens is 206 g/mol. The van der Waals surface area contributed by atoms with E-state index in [-0.39, 0.29) is 11.9 Å². The van der Waals surface area contributed by atoms with Crippen LogP contribution in [-0.4, -0.2) is 27.8 Å². The van der Waals surface area contributed by atoms with Gasteiger partial charge in [-0.25, -0.2) is 0 Å². The average molecular weight is 225 g/mol. The minimum absolute atomic E-state index is 0.0989. The van der Waals surface area contributed by atoms with Crippen molar-refractivity contribution in [1.29, 1.82) is 0 Å². The molecular formula is C11H19N3O2. The average Bonchev–Trinajstić information content (AvgIpc) is 2.63. The molecule has 16 heavy (non-hydrogen) atoms. The highest BCUT2D eigenvalue weighted by molar-refractivity contribution is 5.80. The summed E-state index contributed by atoms with van der Waals surface area (Å²) in [6.45, 7) is 5.72. The molecule has 0 aliphatic rings. The molecule has 90 valence electrons. The third kappa shape index (κ3) is 3.56. The smallest absolute Gasteiger partial charge is 0.260 e. The number of aromatic nitrogens is 2. The molecule has 0 aliphatic heterocycles. The SMILES string of the molecule is CCC(C)NC(=O)C(C)Oc1cnn(C)c1. The Labute approximate surface area is 95.8 Å². The van der Waals surface area contributed by atoms with Crippen molar-refractivity contribution in [1.82, 2.24) is 15.1 Å². The lowest BCUT2D eigenvalue weighted by Gasteiger charge is -2.16. The Hall–Kier alpha value is -1.52. The van der Waals surface area contributed by atoms with Crippen LogP contribution in [-0.2, 0) is 11.8 Å². The van der Waals surface area contributed by atoms with Gasteiger partial charge in [0.25, 0.3) is 5.91 Å². The van der Waals surface area contributed by atoms with Crippen LogP contribution < -0.4 is 10.1 Å². The van der Waals surface area contributed by atoms with Gasteiger partial charge >= 0.3 is 0 Å². The summed E-state index contributed by atoms with van der Waals surface area (Å²) in [5.41, 5.74) is 0. The molecule has 0 bridgehead atoms. The fourth-order valence-electron chi connectivity index (χ4n) is 1.18. The zero-order valence-electron chi connectivity index (χ0n) is 10.2. The number of carbonyl (C=O) groups excluding carboxylic acids is 1. The van der Waals surface area contributed by atoms with Crippen LogP contribution in [0.5, 0.6) is 5.75 Å². The number of aryl methyl sites for hydroxylation is 1. The van der Waals surface area contributed by atoms with Gasteiger partial charge in [0.15, 0.2) is 11.9 Å². The molecule has 1 rings (SSSR count). The number of amides is 1. The molecule has 1 aromatic rings. The van der Waals surface area contributed by atoms with E-state index in [0.717, 1.165) is 6.42 Å². The zero-order chi connectivity index (χ0) is 12.1. The fourth-order valence-corrected chi connectivity index (χ4v) is 1.18. The Morgan fingerprint density at radius 3 is 2.81 bits per heavy atom. The molecule has 1 heterocycles. The second kappa shape index (κ2) is 5.53. The van der Waals surface area contributed by atoms with Crippen LogP contribution in [0.15, 0.2) is 12.4 Å². The maximum absolute atomic E-state index is 11.7. The summed E-state index contributed by atoms with van der Waals surface area (Å²) in [4.78, 5) is 11.7. The van der Waals surface area contributed by atoms with Crippen LogP contribution >= 0.6 is 0 Å². The predicted octanol–water partition coefficient (Wildman–Crippen LogP) is 1.10. The van der Waals surface area contributed by atoms with Gasteiger partial charge in [-0.15, -0.1) is 0 Å². The molecule has 0 fully saturated rings. The molecule has 5 heteroatoms. The highest BCUT2D eigenvalue weighted by Gasteiger charge is 2.16. The molecule has 0 spiro atoms. The van der Waals surface area contributed by atoms with Gasteiger partial charge in [0.05, 0.1) is 12.4 Å². The fraction of sp³-hybridized carbons (Fsp3) is 0.636. The van der Waals surface area contributed by atoms with Gasteiger partial charge in [-0.3, -0.25) is 9.48 Å². The van der Waals surface area contributed by atoms with Crippen molar-refractivity contribution >= 4 is 5.91 Å². The van der Waals surface area contributed by atoms with E-state index >= 15 is 0 Å². The van der Waals surface area contributed by atoms with Gasteiger partial charge in [-0.2, -0.15) is 5.10 Å². The number of nitrogens with one attached hydrogen (secondary N) is 1. The molecule has 5 nitrogen and oxygen atoms in total. The van der Waals surface area contributed by atoms with Crippen molar-refractivity contribution in [2.45, 2.75) is 39.3 Å². The first-order valence-corrected chi connectivity index (χ1v) is 5.48. The summed E-state index contributed by atoms with van der Waals surface area (Å²) in [5, 5.41) is 6.83. The predicted molar refractivity (Wildman–Crippen MR) is 61.2 cm³/mol. The van der Waals surface area contributed by atoms with Crippen molar-refractivity contribution in [2.75, 3.05) is 0 Å². The molecule has 0 radical (unpaired) electrons. The zero-order valence-corrected chi connectivity index (χ0v) is 10.2. The van der Waals surface area contributed by atoms with E-state index in [9.17, 15) is 4.79 Å². The van der Waals surface area contributed by atoms with Gasteiger partial charge in [-0.05, 0) is 20.3 Å². The number of hydrogen-bond acceptors (Lipinski definition) is 3. The third-order valence-corrected chi connectivity index (χ3v) is 2.36. The Morgan fingerprint density at radius 2 is 2.31 bits per heavy atom. The standard InChI is InChI=1S/C11H19N3O2/c1-5-8(2)13-11(15)9(3)16-10-6-12-14(4)7-10/h6-9H,5H2,1-4H3,(H,13,15). The molecule has 0 aromatic carbocycles. The number of ether oxygens (including phenoxy) is 1. The monoisotopic (exact) mass is 225 g/mol. The first-order valence-electron chi connectivity index (χ1n) is 5.48. The van der Waals surface area contributed by atoms with Crippen LogP contribution in [0.3, 0.4) is 0 Å². The molecule has 1 amide bonds. The summed E-state index contributed by atoms with van der Waals surface area (Å²) >= 11 is 0. The summed E-state index contributed by atoms with van der Waals surface area (Å²) in [6.07, 6.45) is 3.73. The van der Waals surface area contributed by atoms with Crippen molar-refractivity contribution < 1.29 is 9.53 Å². The summed E-state index contributed by atoms with van der Waals surface area (Å²) in [5.74, 6) is 0.507. The molecule has 1 aromatic heterocycles. The van der Waals surface area contributed by atoms with Crippen LogP contribution in [0.2, 0.25) is 0 Å². The van der Waals surface area contributed by atoms with E-state index in [0.29, 0.717) is 5.75 Å². The lowest BCUT2D eigenvalue weighted by molar-refractivity contribution is -0.127. The van der Waals surface area contributed by atoms with Crippen LogP contribution in [0.1, 0.15) is 27.2 Å². The highest BCUT2D eigenvalue weighted by Crippen LogP contribution is 2.09. The van der Waals surface area contributed by atoms with E-state index in [2.05, 4.69) is 10.4 Å². The second-order valence-corrected chi connectivity index (χ2v) is 3.93. The lowest BCUT2D eigenvalue weighted by atomic mass is 10.2. The normalized spacial score (nSPS) is 14.2. The largest absolute Gasteiger partial charge is 0.478 e. The minimum atomic E-state index is -0.502. The number of hydrogen-bond donors (Lipinski definition) is 1. The molecule has 0 aliphatic carbocycles. The lowest BCUT2D eigenvalue weighted by Crippen LogP contribution is -2.40. The number of rotatable bonds is 5. The molecule has 2 unspecified atom stereocenters. The quantitative estimate of drug-likeness (QED) is 0.816. The Bertz CT molecular complexity index is 349. The van der Waals surface area contributed by atoms with Gasteiger partial charge < -0.3 is 10.1 Å². The highest BCUT2D eigenvalue weighted by atomic mass is 16.5. The third-order valence-electron chi connectivity index (χ3n) is 2.36. The van der Waals surface area contributed by atoms with Crippen molar-refractivity contribution in [3.8, 4) is 5.75 Å². The first kappa shape index (κ1) is 12.5. The van der Waals surface area contributed by atoms with Gasteiger partial charge in [0.1, 0.15) is 0 Å². The minimum Gasteiger partial charge on any atom is -0.478 e. The van der Waals surface area contributed by atoms with Crippen molar-refractivity contribution in [2.24, 2.45) is 7.05 Å². The maximum atomic E-state index is 11.7.